The van der Waals surface area contributed by atoms with Crippen LogP contribution in [0, 0.1) is 5.41 Å². The molecule has 1 aromatic heterocycles. The van der Waals surface area contributed by atoms with E-state index in [9.17, 15) is 0 Å². The molecule has 1 aromatic rings. The van der Waals surface area contributed by atoms with Gasteiger partial charge in [0.1, 0.15) is 12.1 Å². The van der Waals surface area contributed by atoms with E-state index in [1.807, 2.05) is 6.07 Å². The van der Waals surface area contributed by atoms with Crippen LogP contribution in [0.1, 0.15) is 39.8 Å². The van der Waals surface area contributed by atoms with Gasteiger partial charge in [-0.3, -0.25) is 0 Å². The van der Waals surface area contributed by atoms with Gasteiger partial charge in [0.25, 0.3) is 0 Å². The standard InChI is InChI=1S/C13H24N4/c1-5-10-8-12(16-9-15-10)17-11(6-7-14)13(2,3)4/h8-9,11H,5-7,14H2,1-4H3,(H,15,16,17). The van der Waals surface area contributed by atoms with Gasteiger partial charge in [0.15, 0.2) is 0 Å². The lowest BCUT2D eigenvalue weighted by Crippen LogP contribution is -2.36. The van der Waals surface area contributed by atoms with Gasteiger partial charge in [-0.2, -0.15) is 0 Å². The van der Waals surface area contributed by atoms with E-state index in [1.54, 1.807) is 6.33 Å². The summed E-state index contributed by atoms with van der Waals surface area (Å²) < 4.78 is 0. The van der Waals surface area contributed by atoms with Crippen LogP contribution in [0.4, 0.5) is 5.82 Å². The summed E-state index contributed by atoms with van der Waals surface area (Å²) >= 11 is 0. The largest absolute Gasteiger partial charge is 0.367 e. The Kier molecular flexibility index (Phi) is 4.87. The van der Waals surface area contributed by atoms with Gasteiger partial charge in [-0.1, -0.05) is 27.7 Å². The molecular weight excluding hydrogens is 212 g/mol. The Bertz CT molecular complexity index is 344. The predicted molar refractivity (Wildman–Crippen MR) is 71.9 cm³/mol. The van der Waals surface area contributed by atoms with E-state index >= 15 is 0 Å². The van der Waals surface area contributed by atoms with E-state index in [2.05, 4.69) is 43.0 Å². The normalized spacial score (nSPS) is 13.5. The fourth-order valence-electron chi connectivity index (χ4n) is 1.74. The summed E-state index contributed by atoms with van der Waals surface area (Å²) in [7, 11) is 0. The summed E-state index contributed by atoms with van der Waals surface area (Å²) in [5.41, 5.74) is 6.88. The maximum absolute atomic E-state index is 5.66. The van der Waals surface area contributed by atoms with Crippen LogP contribution in [0.25, 0.3) is 0 Å². The van der Waals surface area contributed by atoms with Crippen LogP contribution < -0.4 is 11.1 Å². The van der Waals surface area contributed by atoms with Crippen molar-refractivity contribution in [2.45, 2.75) is 46.6 Å². The Morgan fingerprint density at radius 1 is 1.35 bits per heavy atom. The molecule has 0 bridgehead atoms. The van der Waals surface area contributed by atoms with Crippen molar-refractivity contribution >= 4 is 5.82 Å². The quantitative estimate of drug-likeness (QED) is 0.822. The van der Waals surface area contributed by atoms with E-state index in [0.29, 0.717) is 12.6 Å². The maximum atomic E-state index is 5.66. The zero-order chi connectivity index (χ0) is 12.9. The molecule has 0 spiro atoms. The smallest absolute Gasteiger partial charge is 0.129 e. The van der Waals surface area contributed by atoms with Crippen molar-refractivity contribution in [2.75, 3.05) is 11.9 Å². The molecule has 17 heavy (non-hydrogen) atoms. The Morgan fingerprint density at radius 3 is 2.59 bits per heavy atom. The minimum absolute atomic E-state index is 0.163. The van der Waals surface area contributed by atoms with Crippen LogP contribution in [0.5, 0.6) is 0 Å². The molecule has 4 heteroatoms. The van der Waals surface area contributed by atoms with Crippen LogP contribution in [0.2, 0.25) is 0 Å². The first-order valence-corrected chi connectivity index (χ1v) is 6.25. The topological polar surface area (TPSA) is 63.8 Å². The first kappa shape index (κ1) is 13.9. The molecule has 0 aliphatic heterocycles. The summed E-state index contributed by atoms with van der Waals surface area (Å²) in [6, 6.07) is 2.34. The fraction of sp³-hybridized carbons (Fsp3) is 0.692. The third-order valence-corrected chi connectivity index (χ3v) is 2.91. The third kappa shape index (κ3) is 4.30. The first-order valence-electron chi connectivity index (χ1n) is 6.25. The molecule has 0 aliphatic carbocycles. The van der Waals surface area contributed by atoms with E-state index in [0.717, 1.165) is 24.4 Å². The highest BCUT2D eigenvalue weighted by molar-refractivity contribution is 5.36. The summed E-state index contributed by atoms with van der Waals surface area (Å²) in [5.74, 6) is 0.894. The number of hydrogen-bond acceptors (Lipinski definition) is 4. The molecule has 0 fully saturated rings. The van der Waals surface area contributed by atoms with Gasteiger partial charge in [-0.15, -0.1) is 0 Å². The molecule has 1 atom stereocenters. The number of anilines is 1. The fourth-order valence-corrected chi connectivity index (χ4v) is 1.74. The molecule has 0 aliphatic rings. The lowest BCUT2D eigenvalue weighted by molar-refractivity contribution is 0.328. The van der Waals surface area contributed by atoms with Crippen LogP contribution in [-0.4, -0.2) is 22.6 Å². The number of nitrogens with two attached hydrogens (primary N) is 1. The molecule has 0 aromatic carbocycles. The summed E-state index contributed by atoms with van der Waals surface area (Å²) in [4.78, 5) is 8.46. The molecule has 1 heterocycles. The van der Waals surface area contributed by atoms with Crippen molar-refractivity contribution in [3.05, 3.63) is 18.1 Å². The summed E-state index contributed by atoms with van der Waals surface area (Å²) in [6.45, 7) is 9.40. The monoisotopic (exact) mass is 236 g/mol. The SMILES string of the molecule is CCc1cc(NC(CCN)C(C)(C)C)ncn1. The average Bonchev–Trinajstić information content (AvgIpc) is 2.27. The van der Waals surface area contributed by atoms with Gasteiger partial charge < -0.3 is 11.1 Å². The summed E-state index contributed by atoms with van der Waals surface area (Å²) in [5, 5.41) is 3.46. The van der Waals surface area contributed by atoms with Crippen molar-refractivity contribution in [2.24, 2.45) is 11.1 Å². The van der Waals surface area contributed by atoms with Gasteiger partial charge in [-0.25, -0.2) is 9.97 Å². The number of aromatic nitrogens is 2. The molecule has 3 N–H and O–H groups in total. The molecule has 1 unspecified atom stereocenters. The molecule has 96 valence electrons. The highest BCUT2D eigenvalue weighted by Crippen LogP contribution is 2.24. The van der Waals surface area contributed by atoms with Crippen molar-refractivity contribution < 1.29 is 0 Å². The summed E-state index contributed by atoms with van der Waals surface area (Å²) in [6.07, 6.45) is 3.48. The van der Waals surface area contributed by atoms with Gasteiger partial charge in [0.05, 0.1) is 0 Å². The number of rotatable bonds is 5. The lowest BCUT2D eigenvalue weighted by Gasteiger charge is -2.31. The van der Waals surface area contributed by atoms with Crippen molar-refractivity contribution in [1.82, 2.24) is 9.97 Å². The van der Waals surface area contributed by atoms with Gasteiger partial charge in [-0.05, 0) is 24.8 Å². The molecule has 0 radical (unpaired) electrons. The molecular formula is C13H24N4. The maximum Gasteiger partial charge on any atom is 0.129 e. The van der Waals surface area contributed by atoms with Crippen molar-refractivity contribution in [3.8, 4) is 0 Å². The second kappa shape index (κ2) is 5.96. The van der Waals surface area contributed by atoms with Gasteiger partial charge in [0, 0.05) is 17.8 Å². The van der Waals surface area contributed by atoms with Crippen LogP contribution >= 0.6 is 0 Å². The van der Waals surface area contributed by atoms with E-state index < -0.39 is 0 Å². The Balaban J connectivity index is 2.78. The number of nitrogens with one attached hydrogen (secondary N) is 1. The molecule has 1 rings (SSSR count). The Hall–Kier alpha value is -1.16. The zero-order valence-electron chi connectivity index (χ0n) is 11.3. The predicted octanol–water partition coefficient (Wildman–Crippen LogP) is 2.21. The average molecular weight is 236 g/mol. The second-order valence-corrected chi connectivity index (χ2v) is 5.39. The number of nitrogens with zero attached hydrogens (tertiary/aromatic N) is 2. The minimum Gasteiger partial charge on any atom is -0.367 e. The van der Waals surface area contributed by atoms with Crippen LogP contribution in [0.3, 0.4) is 0 Å². The minimum atomic E-state index is 0.163. The van der Waals surface area contributed by atoms with E-state index in [-0.39, 0.29) is 5.41 Å². The van der Waals surface area contributed by atoms with E-state index in [4.69, 9.17) is 5.73 Å². The highest BCUT2D eigenvalue weighted by Gasteiger charge is 2.24. The molecule has 0 saturated carbocycles. The zero-order valence-corrected chi connectivity index (χ0v) is 11.3. The van der Waals surface area contributed by atoms with Gasteiger partial charge in [0.2, 0.25) is 0 Å². The van der Waals surface area contributed by atoms with Crippen LogP contribution in [0.15, 0.2) is 12.4 Å². The lowest BCUT2D eigenvalue weighted by atomic mass is 9.85. The van der Waals surface area contributed by atoms with E-state index in [1.165, 1.54) is 0 Å². The van der Waals surface area contributed by atoms with Crippen molar-refractivity contribution in [3.63, 3.8) is 0 Å². The first-order chi connectivity index (χ1) is 7.97. The van der Waals surface area contributed by atoms with Gasteiger partial charge >= 0.3 is 0 Å². The van der Waals surface area contributed by atoms with Crippen LogP contribution in [-0.2, 0) is 6.42 Å². The molecule has 0 saturated heterocycles. The number of hydrogen-bond donors (Lipinski definition) is 2. The molecule has 0 amide bonds. The highest BCUT2D eigenvalue weighted by atomic mass is 15.0. The van der Waals surface area contributed by atoms with Crippen molar-refractivity contribution in [1.29, 1.82) is 0 Å². The Labute approximate surface area is 104 Å². The second-order valence-electron chi connectivity index (χ2n) is 5.39. The third-order valence-electron chi connectivity index (χ3n) is 2.91. The Morgan fingerprint density at radius 2 is 2.06 bits per heavy atom. The molecule has 4 nitrogen and oxygen atoms in total. The number of aryl methyl sites for hydroxylation is 1.